The monoisotopic (exact) mass is 151 g/mol. The summed E-state index contributed by atoms with van der Waals surface area (Å²) in [5.74, 6) is 0.668. The van der Waals surface area contributed by atoms with Gasteiger partial charge in [0.25, 0.3) is 0 Å². The lowest BCUT2D eigenvalue weighted by Crippen LogP contribution is -2.24. The Hall–Kier alpha value is -0.720. The topological polar surface area (TPSA) is 15.8 Å². The Bertz CT molecular complexity index is 207. The normalized spacial score (nSPS) is 12.5. The van der Waals surface area contributed by atoms with Crippen LogP contribution in [0.1, 0.15) is 33.4 Å². The first-order valence-electron chi connectivity index (χ1n) is 4.19. The molecule has 0 atom stereocenters. The van der Waals surface area contributed by atoms with Gasteiger partial charge >= 0.3 is 0 Å². The average molecular weight is 151 g/mol. The van der Waals surface area contributed by atoms with E-state index in [0.29, 0.717) is 5.92 Å². The van der Waals surface area contributed by atoms with E-state index in [0.717, 1.165) is 0 Å². The van der Waals surface area contributed by atoms with Crippen LogP contribution in [0.4, 0.5) is 0 Å². The number of hydrogen-bond acceptors (Lipinski definition) is 0. The third-order valence-electron chi connectivity index (χ3n) is 2.74. The van der Waals surface area contributed by atoms with Crippen LogP contribution < -0.4 is 0 Å². The summed E-state index contributed by atoms with van der Waals surface area (Å²) in [6.07, 6.45) is 1.99. The van der Waals surface area contributed by atoms with Gasteiger partial charge in [0.05, 0.1) is 0 Å². The predicted octanol–water partition coefficient (Wildman–Crippen LogP) is 2.95. The fourth-order valence-electron chi connectivity index (χ4n) is 1.04. The molecule has 1 aromatic heterocycles. The molecule has 0 fully saturated rings. The van der Waals surface area contributed by atoms with Gasteiger partial charge in [0.15, 0.2) is 0 Å². The van der Waals surface area contributed by atoms with E-state index >= 15 is 0 Å². The van der Waals surface area contributed by atoms with Crippen LogP contribution in [0.15, 0.2) is 18.3 Å². The number of nitrogens with one attached hydrogen (secondary N) is 1. The van der Waals surface area contributed by atoms with E-state index < -0.39 is 0 Å². The van der Waals surface area contributed by atoms with Gasteiger partial charge < -0.3 is 4.98 Å². The molecule has 0 radical (unpaired) electrons. The van der Waals surface area contributed by atoms with Gasteiger partial charge in [-0.2, -0.15) is 0 Å². The van der Waals surface area contributed by atoms with Crippen LogP contribution in [0.5, 0.6) is 0 Å². The van der Waals surface area contributed by atoms with Crippen molar-refractivity contribution < 1.29 is 0 Å². The maximum absolute atomic E-state index is 3.26. The minimum atomic E-state index is 0.267. The second-order valence-corrected chi connectivity index (χ2v) is 3.96. The van der Waals surface area contributed by atoms with E-state index in [4.69, 9.17) is 0 Å². The molecule has 1 aromatic rings. The van der Waals surface area contributed by atoms with Crippen molar-refractivity contribution in [2.45, 2.75) is 33.1 Å². The quantitative estimate of drug-likeness (QED) is 0.669. The minimum Gasteiger partial charge on any atom is -0.365 e. The molecule has 0 unspecified atom stereocenters. The molecule has 1 heterocycles. The molecule has 0 aliphatic rings. The second-order valence-electron chi connectivity index (χ2n) is 3.96. The number of aromatic amines is 1. The van der Waals surface area contributed by atoms with Crippen LogP contribution in [0, 0.1) is 5.92 Å². The van der Waals surface area contributed by atoms with E-state index in [1.165, 1.54) is 5.69 Å². The van der Waals surface area contributed by atoms with Crippen molar-refractivity contribution in [1.29, 1.82) is 0 Å². The van der Waals surface area contributed by atoms with Crippen LogP contribution in [-0.2, 0) is 5.41 Å². The molecule has 0 saturated heterocycles. The first kappa shape index (κ1) is 8.38. The molecule has 0 bridgehead atoms. The van der Waals surface area contributed by atoms with Crippen molar-refractivity contribution in [1.82, 2.24) is 4.98 Å². The van der Waals surface area contributed by atoms with Crippen molar-refractivity contribution >= 4 is 0 Å². The highest BCUT2D eigenvalue weighted by Crippen LogP contribution is 2.29. The van der Waals surface area contributed by atoms with Gasteiger partial charge in [-0.15, -0.1) is 0 Å². The van der Waals surface area contributed by atoms with Crippen molar-refractivity contribution in [3.05, 3.63) is 24.0 Å². The zero-order valence-corrected chi connectivity index (χ0v) is 7.81. The molecule has 0 aliphatic carbocycles. The predicted molar refractivity (Wildman–Crippen MR) is 48.7 cm³/mol. The average Bonchev–Trinajstić information content (AvgIpc) is 2.37. The fraction of sp³-hybridized carbons (Fsp3) is 0.600. The molecule has 1 heteroatoms. The smallest absolute Gasteiger partial charge is 0.0207 e. The third kappa shape index (κ3) is 1.47. The highest BCUT2D eigenvalue weighted by molar-refractivity contribution is 5.15. The summed E-state index contributed by atoms with van der Waals surface area (Å²) in [5, 5.41) is 0. The van der Waals surface area contributed by atoms with Gasteiger partial charge in [-0.1, -0.05) is 27.7 Å². The number of aromatic nitrogens is 1. The maximum atomic E-state index is 3.26. The van der Waals surface area contributed by atoms with Gasteiger partial charge in [0.2, 0.25) is 0 Å². The van der Waals surface area contributed by atoms with Crippen LogP contribution in [0.2, 0.25) is 0 Å². The van der Waals surface area contributed by atoms with Gasteiger partial charge in [-0.3, -0.25) is 0 Å². The summed E-state index contributed by atoms with van der Waals surface area (Å²) >= 11 is 0. The molecule has 11 heavy (non-hydrogen) atoms. The third-order valence-corrected chi connectivity index (χ3v) is 2.74. The number of hydrogen-bond donors (Lipinski definition) is 1. The standard InChI is InChI=1S/C10H17N/c1-8(2)10(3,4)9-6-5-7-11-9/h5-8,11H,1-4H3. The Balaban J connectivity index is 2.90. The van der Waals surface area contributed by atoms with E-state index in [-0.39, 0.29) is 5.41 Å². The number of rotatable bonds is 2. The molecule has 0 spiro atoms. The van der Waals surface area contributed by atoms with Crippen molar-refractivity contribution in [2.75, 3.05) is 0 Å². The Morgan fingerprint density at radius 2 is 2.00 bits per heavy atom. The van der Waals surface area contributed by atoms with E-state index in [1.54, 1.807) is 0 Å². The lowest BCUT2D eigenvalue weighted by molar-refractivity contribution is 0.364. The lowest BCUT2D eigenvalue weighted by atomic mass is 9.78. The molecule has 0 saturated carbocycles. The molecule has 1 rings (SSSR count). The van der Waals surface area contributed by atoms with Gasteiger partial charge in [-0.05, 0) is 18.1 Å². The Morgan fingerprint density at radius 3 is 2.36 bits per heavy atom. The highest BCUT2D eigenvalue weighted by atomic mass is 14.7. The van der Waals surface area contributed by atoms with Crippen molar-refractivity contribution in [2.24, 2.45) is 5.92 Å². The lowest BCUT2D eigenvalue weighted by Gasteiger charge is -2.28. The number of H-pyrrole nitrogens is 1. The van der Waals surface area contributed by atoms with Crippen LogP contribution in [0.3, 0.4) is 0 Å². The van der Waals surface area contributed by atoms with Crippen molar-refractivity contribution in [3.63, 3.8) is 0 Å². The summed E-state index contributed by atoms with van der Waals surface area (Å²) in [6.45, 7) is 9.04. The molecular formula is C10H17N. The summed E-state index contributed by atoms with van der Waals surface area (Å²) < 4.78 is 0. The Morgan fingerprint density at radius 1 is 1.36 bits per heavy atom. The zero-order valence-electron chi connectivity index (χ0n) is 7.81. The molecule has 0 aliphatic heterocycles. The fourth-order valence-corrected chi connectivity index (χ4v) is 1.04. The molecule has 0 amide bonds. The summed E-state index contributed by atoms with van der Waals surface area (Å²) in [4.78, 5) is 3.26. The van der Waals surface area contributed by atoms with Crippen LogP contribution in [0.25, 0.3) is 0 Å². The van der Waals surface area contributed by atoms with Crippen LogP contribution in [-0.4, -0.2) is 4.98 Å². The summed E-state index contributed by atoms with van der Waals surface area (Å²) in [7, 11) is 0. The SMILES string of the molecule is CC(C)C(C)(C)c1ccc[nH]1. The minimum absolute atomic E-state index is 0.267. The largest absolute Gasteiger partial charge is 0.365 e. The van der Waals surface area contributed by atoms with Crippen LogP contribution >= 0.6 is 0 Å². The first-order chi connectivity index (χ1) is 5.05. The first-order valence-corrected chi connectivity index (χ1v) is 4.19. The van der Waals surface area contributed by atoms with E-state index in [1.807, 2.05) is 6.20 Å². The Labute approximate surface area is 68.8 Å². The highest BCUT2D eigenvalue weighted by Gasteiger charge is 2.24. The Kier molecular flexibility index (Phi) is 2.08. The van der Waals surface area contributed by atoms with Gasteiger partial charge in [0.1, 0.15) is 0 Å². The van der Waals surface area contributed by atoms with E-state index in [2.05, 4.69) is 44.8 Å². The summed E-state index contributed by atoms with van der Waals surface area (Å²) in [6, 6.07) is 4.21. The molecule has 62 valence electrons. The molecular weight excluding hydrogens is 134 g/mol. The molecule has 1 nitrogen and oxygen atoms in total. The van der Waals surface area contributed by atoms with Crippen molar-refractivity contribution in [3.8, 4) is 0 Å². The van der Waals surface area contributed by atoms with E-state index in [9.17, 15) is 0 Å². The summed E-state index contributed by atoms with van der Waals surface area (Å²) in [5.41, 5.74) is 1.59. The zero-order chi connectivity index (χ0) is 8.48. The second kappa shape index (κ2) is 2.72. The van der Waals surface area contributed by atoms with Gasteiger partial charge in [0, 0.05) is 17.3 Å². The maximum Gasteiger partial charge on any atom is 0.0207 e. The molecule has 0 aromatic carbocycles. The molecule has 1 N–H and O–H groups in total. The van der Waals surface area contributed by atoms with Gasteiger partial charge in [-0.25, -0.2) is 0 Å².